The lowest BCUT2D eigenvalue weighted by atomic mass is 9.86. The van der Waals surface area contributed by atoms with Gasteiger partial charge < -0.3 is 10.3 Å². The Morgan fingerprint density at radius 3 is 2.82 bits per heavy atom. The first-order chi connectivity index (χ1) is 10.6. The van der Waals surface area contributed by atoms with Gasteiger partial charge in [0.25, 0.3) is 0 Å². The summed E-state index contributed by atoms with van der Waals surface area (Å²) in [5.41, 5.74) is 10.1. The van der Waals surface area contributed by atoms with Crippen LogP contribution < -0.4 is 5.73 Å². The summed E-state index contributed by atoms with van der Waals surface area (Å²) in [5.74, 6) is 2.05. The van der Waals surface area contributed by atoms with Gasteiger partial charge in [-0.3, -0.25) is 0 Å². The van der Waals surface area contributed by atoms with E-state index in [1.165, 1.54) is 44.3 Å². The van der Waals surface area contributed by atoms with Crippen molar-refractivity contribution in [1.29, 1.82) is 0 Å². The Bertz CT molecular complexity index is 663. The number of fused-ring (bicyclic) bond motifs is 1. The molecule has 22 heavy (non-hydrogen) atoms. The number of allylic oxidation sites excluding steroid dienone is 1. The smallest absolute Gasteiger partial charge is 0.112 e. The minimum absolute atomic E-state index is 0.775. The molecule has 0 aliphatic heterocycles. The lowest BCUT2D eigenvalue weighted by Gasteiger charge is -2.21. The normalized spacial score (nSPS) is 16.2. The van der Waals surface area contributed by atoms with Gasteiger partial charge in [-0.2, -0.15) is 0 Å². The number of hydrogen-bond acceptors (Lipinski definition) is 2. The zero-order valence-electron chi connectivity index (χ0n) is 13.6. The number of aromatic nitrogens is 2. The average molecular weight is 297 g/mol. The van der Waals surface area contributed by atoms with Crippen molar-refractivity contribution in [3.05, 3.63) is 36.2 Å². The van der Waals surface area contributed by atoms with Crippen LogP contribution in [0.2, 0.25) is 0 Å². The van der Waals surface area contributed by atoms with E-state index < -0.39 is 0 Å². The third-order valence-corrected chi connectivity index (χ3v) is 4.82. The van der Waals surface area contributed by atoms with Crippen LogP contribution in [0, 0.1) is 5.92 Å². The topological polar surface area (TPSA) is 43.8 Å². The summed E-state index contributed by atoms with van der Waals surface area (Å²) in [4.78, 5) is 4.85. The number of nitrogen functional groups attached to an aromatic ring is 1. The predicted molar refractivity (Wildman–Crippen MR) is 93.9 cm³/mol. The fourth-order valence-corrected chi connectivity index (χ4v) is 3.66. The van der Waals surface area contributed by atoms with Gasteiger partial charge in [-0.15, -0.1) is 0 Å². The van der Waals surface area contributed by atoms with Crippen molar-refractivity contribution in [2.24, 2.45) is 5.92 Å². The van der Waals surface area contributed by atoms with Gasteiger partial charge in [0.15, 0.2) is 0 Å². The lowest BCUT2D eigenvalue weighted by molar-refractivity contribution is 0.336. The fourth-order valence-electron chi connectivity index (χ4n) is 3.66. The number of nitrogens with zero attached hydrogens (tertiary/aromatic N) is 2. The molecular weight excluding hydrogens is 270 g/mol. The molecule has 0 amide bonds. The second kappa shape index (κ2) is 6.55. The van der Waals surface area contributed by atoms with Crippen LogP contribution in [-0.2, 0) is 13.0 Å². The quantitative estimate of drug-likeness (QED) is 0.641. The monoisotopic (exact) mass is 297 g/mol. The van der Waals surface area contributed by atoms with Gasteiger partial charge in [-0.1, -0.05) is 50.3 Å². The molecule has 3 rings (SSSR count). The van der Waals surface area contributed by atoms with E-state index in [1.807, 2.05) is 12.1 Å². The maximum atomic E-state index is 6.11. The molecule has 0 atom stereocenters. The van der Waals surface area contributed by atoms with Crippen molar-refractivity contribution in [3.8, 4) is 0 Å². The molecule has 1 heterocycles. The Balaban J connectivity index is 1.86. The number of imidazole rings is 1. The molecule has 1 fully saturated rings. The highest BCUT2D eigenvalue weighted by molar-refractivity contribution is 5.87. The summed E-state index contributed by atoms with van der Waals surface area (Å²) < 4.78 is 2.30. The highest BCUT2D eigenvalue weighted by Crippen LogP contribution is 2.29. The zero-order valence-corrected chi connectivity index (χ0v) is 13.6. The highest BCUT2D eigenvalue weighted by Gasteiger charge is 2.17. The van der Waals surface area contributed by atoms with Gasteiger partial charge in [0.2, 0.25) is 0 Å². The van der Waals surface area contributed by atoms with Crippen LogP contribution in [0.25, 0.3) is 11.0 Å². The number of hydrogen-bond donors (Lipinski definition) is 1. The molecule has 0 saturated heterocycles. The molecule has 1 aliphatic carbocycles. The molecule has 0 spiro atoms. The second-order valence-electron chi connectivity index (χ2n) is 6.83. The fraction of sp³-hybridized carbons (Fsp3) is 0.526. The first-order valence-electron chi connectivity index (χ1n) is 8.53. The molecule has 0 radical (unpaired) electrons. The summed E-state index contributed by atoms with van der Waals surface area (Å²) in [7, 11) is 0. The van der Waals surface area contributed by atoms with Crippen molar-refractivity contribution in [2.75, 3.05) is 5.73 Å². The van der Waals surface area contributed by atoms with E-state index in [2.05, 4.69) is 24.1 Å². The van der Waals surface area contributed by atoms with Gasteiger partial charge in [0.05, 0.1) is 11.2 Å². The number of nitrogens with two attached hydrogens (primary N) is 1. The zero-order chi connectivity index (χ0) is 15.5. The second-order valence-corrected chi connectivity index (χ2v) is 6.83. The van der Waals surface area contributed by atoms with Gasteiger partial charge in [-0.05, 0) is 31.4 Å². The Morgan fingerprint density at radius 1 is 1.32 bits per heavy atom. The molecule has 2 N–H and O–H groups in total. The van der Waals surface area contributed by atoms with E-state index in [0.29, 0.717) is 0 Å². The first kappa shape index (κ1) is 15.1. The number of anilines is 1. The van der Waals surface area contributed by atoms with E-state index in [0.717, 1.165) is 41.2 Å². The van der Waals surface area contributed by atoms with Gasteiger partial charge in [0.1, 0.15) is 11.3 Å². The number of aryl methyl sites for hydroxylation is 1. The SMILES string of the molecule is C=C(C)Cn1c(CCC2CCCCC2)nc2c(N)cccc21. The van der Waals surface area contributed by atoms with Crippen LogP contribution in [0.3, 0.4) is 0 Å². The van der Waals surface area contributed by atoms with Crippen LogP contribution in [0.4, 0.5) is 5.69 Å². The third kappa shape index (κ3) is 3.18. The average Bonchev–Trinajstić information content (AvgIpc) is 2.85. The number of para-hydroxylation sites is 1. The van der Waals surface area contributed by atoms with Crippen molar-refractivity contribution < 1.29 is 0 Å². The summed E-state index contributed by atoms with van der Waals surface area (Å²) in [6, 6.07) is 6.07. The van der Waals surface area contributed by atoms with Gasteiger partial charge in [-0.25, -0.2) is 4.98 Å². The lowest BCUT2D eigenvalue weighted by Crippen LogP contribution is -2.10. The Hall–Kier alpha value is -1.77. The van der Waals surface area contributed by atoms with E-state index in [4.69, 9.17) is 10.7 Å². The summed E-state index contributed by atoms with van der Waals surface area (Å²) in [6.45, 7) is 6.98. The molecule has 3 nitrogen and oxygen atoms in total. The van der Waals surface area contributed by atoms with Gasteiger partial charge >= 0.3 is 0 Å². The molecule has 2 aromatic rings. The van der Waals surface area contributed by atoms with E-state index in [1.54, 1.807) is 0 Å². The summed E-state index contributed by atoms with van der Waals surface area (Å²) in [5, 5.41) is 0. The van der Waals surface area contributed by atoms with Crippen molar-refractivity contribution in [3.63, 3.8) is 0 Å². The molecule has 118 valence electrons. The van der Waals surface area contributed by atoms with Crippen molar-refractivity contribution in [1.82, 2.24) is 9.55 Å². The summed E-state index contributed by atoms with van der Waals surface area (Å²) >= 11 is 0. The van der Waals surface area contributed by atoms with Crippen molar-refractivity contribution in [2.45, 2.75) is 58.4 Å². The van der Waals surface area contributed by atoms with Crippen molar-refractivity contribution >= 4 is 16.7 Å². The predicted octanol–water partition coefficient (Wildman–Crippen LogP) is 4.71. The molecule has 0 bridgehead atoms. The molecule has 3 heteroatoms. The molecule has 1 saturated carbocycles. The Labute approximate surface area is 133 Å². The van der Waals surface area contributed by atoms with Crippen LogP contribution in [0.15, 0.2) is 30.4 Å². The number of rotatable bonds is 5. The Kier molecular flexibility index (Phi) is 4.51. The molecule has 1 aromatic heterocycles. The largest absolute Gasteiger partial charge is 0.397 e. The number of benzene rings is 1. The molecule has 0 unspecified atom stereocenters. The minimum atomic E-state index is 0.775. The van der Waals surface area contributed by atoms with Gasteiger partial charge in [0, 0.05) is 13.0 Å². The highest BCUT2D eigenvalue weighted by atomic mass is 15.1. The van der Waals surface area contributed by atoms with Crippen LogP contribution in [0.1, 0.15) is 51.3 Å². The van der Waals surface area contributed by atoms with Crippen LogP contribution >= 0.6 is 0 Å². The Morgan fingerprint density at radius 2 is 2.09 bits per heavy atom. The standard InChI is InChI=1S/C19H27N3/c1-14(2)13-22-17-10-6-9-16(20)19(17)21-18(22)12-11-15-7-4-3-5-8-15/h6,9-10,15H,1,3-5,7-8,11-13,20H2,2H3. The maximum Gasteiger partial charge on any atom is 0.112 e. The third-order valence-electron chi connectivity index (χ3n) is 4.82. The molecule has 1 aliphatic rings. The first-order valence-corrected chi connectivity index (χ1v) is 8.53. The van der Waals surface area contributed by atoms with Crippen LogP contribution in [0.5, 0.6) is 0 Å². The van der Waals surface area contributed by atoms with E-state index in [9.17, 15) is 0 Å². The maximum absolute atomic E-state index is 6.11. The molecular formula is C19H27N3. The molecule has 1 aromatic carbocycles. The summed E-state index contributed by atoms with van der Waals surface area (Å²) in [6.07, 6.45) is 9.30. The van der Waals surface area contributed by atoms with E-state index in [-0.39, 0.29) is 0 Å². The van der Waals surface area contributed by atoms with Crippen LogP contribution in [-0.4, -0.2) is 9.55 Å². The van der Waals surface area contributed by atoms with E-state index >= 15 is 0 Å². The minimum Gasteiger partial charge on any atom is -0.397 e.